The second-order valence-electron chi connectivity index (χ2n) is 6.01. The van der Waals surface area contributed by atoms with Crippen LogP contribution in [0.2, 0.25) is 0 Å². The Labute approximate surface area is 120 Å². The maximum absolute atomic E-state index is 13.6. The van der Waals surface area contributed by atoms with Crippen molar-refractivity contribution in [2.45, 2.75) is 43.7 Å². The quantitative estimate of drug-likeness (QED) is 0.806. The average Bonchev–Trinajstić information content (AvgIpc) is 2.36. The first-order valence-corrected chi connectivity index (χ1v) is 7.21. The summed E-state index contributed by atoms with van der Waals surface area (Å²) < 4.78 is 18.6. The number of halogens is 1. The van der Waals surface area contributed by atoms with Crippen LogP contribution in [0.25, 0.3) is 0 Å². The molecule has 1 atom stereocenters. The Bertz CT molecular complexity index is 430. The zero-order valence-electron chi connectivity index (χ0n) is 12.2. The van der Waals surface area contributed by atoms with E-state index >= 15 is 0 Å². The van der Waals surface area contributed by atoms with Gasteiger partial charge in [-0.05, 0) is 37.3 Å². The van der Waals surface area contributed by atoms with Gasteiger partial charge in [-0.15, -0.1) is 0 Å². The van der Waals surface area contributed by atoms with Crippen molar-refractivity contribution in [1.29, 1.82) is 0 Å². The number of nitrogens with one attached hydrogen (secondary N) is 1. The molecule has 1 saturated carbocycles. The summed E-state index contributed by atoms with van der Waals surface area (Å²) in [6.45, 7) is 2.91. The SMILES string of the molecule is COCCC(C)(O)CNC1CC(c2ccccc2F)C1. The summed E-state index contributed by atoms with van der Waals surface area (Å²) in [5, 5.41) is 13.5. The third-order valence-corrected chi connectivity index (χ3v) is 4.10. The van der Waals surface area contributed by atoms with Crippen LogP contribution in [0, 0.1) is 5.82 Å². The van der Waals surface area contributed by atoms with Gasteiger partial charge in [0.05, 0.1) is 5.60 Å². The topological polar surface area (TPSA) is 41.5 Å². The van der Waals surface area contributed by atoms with E-state index in [9.17, 15) is 9.50 Å². The Hall–Kier alpha value is -0.970. The number of hydrogen-bond acceptors (Lipinski definition) is 3. The third-order valence-electron chi connectivity index (χ3n) is 4.10. The monoisotopic (exact) mass is 281 g/mol. The highest BCUT2D eigenvalue weighted by atomic mass is 19.1. The van der Waals surface area contributed by atoms with Crippen LogP contribution in [-0.2, 0) is 4.74 Å². The number of rotatable bonds is 7. The van der Waals surface area contributed by atoms with Gasteiger partial charge >= 0.3 is 0 Å². The van der Waals surface area contributed by atoms with E-state index in [0.29, 0.717) is 31.5 Å². The van der Waals surface area contributed by atoms with E-state index < -0.39 is 5.60 Å². The van der Waals surface area contributed by atoms with E-state index in [1.807, 2.05) is 19.1 Å². The predicted molar refractivity (Wildman–Crippen MR) is 77.3 cm³/mol. The molecule has 1 aliphatic carbocycles. The zero-order chi connectivity index (χ0) is 14.6. The van der Waals surface area contributed by atoms with Crippen LogP contribution in [0.4, 0.5) is 4.39 Å². The Balaban J connectivity index is 1.73. The van der Waals surface area contributed by atoms with E-state index in [-0.39, 0.29) is 5.82 Å². The first-order chi connectivity index (χ1) is 9.52. The molecule has 1 aromatic carbocycles. The molecule has 0 aromatic heterocycles. The lowest BCUT2D eigenvalue weighted by atomic mass is 9.75. The van der Waals surface area contributed by atoms with Crippen molar-refractivity contribution in [2.24, 2.45) is 0 Å². The summed E-state index contributed by atoms with van der Waals surface area (Å²) in [5.74, 6) is 0.195. The Kier molecular flexibility index (Phi) is 5.13. The van der Waals surface area contributed by atoms with Crippen LogP contribution < -0.4 is 5.32 Å². The zero-order valence-corrected chi connectivity index (χ0v) is 12.2. The number of methoxy groups -OCH3 is 1. The van der Waals surface area contributed by atoms with E-state index in [0.717, 1.165) is 18.4 Å². The summed E-state index contributed by atoms with van der Waals surface area (Å²) in [6.07, 6.45) is 2.47. The van der Waals surface area contributed by atoms with Crippen LogP contribution in [0.15, 0.2) is 24.3 Å². The molecule has 0 radical (unpaired) electrons. The van der Waals surface area contributed by atoms with Crippen LogP contribution in [-0.4, -0.2) is 37.0 Å². The minimum absolute atomic E-state index is 0.108. The van der Waals surface area contributed by atoms with Crippen molar-refractivity contribution >= 4 is 0 Å². The highest BCUT2D eigenvalue weighted by Gasteiger charge is 2.33. The molecule has 1 fully saturated rings. The molecule has 1 unspecified atom stereocenters. The van der Waals surface area contributed by atoms with Gasteiger partial charge in [-0.3, -0.25) is 0 Å². The molecule has 0 amide bonds. The Morgan fingerprint density at radius 3 is 2.75 bits per heavy atom. The standard InChI is InChI=1S/C16H24FNO2/c1-16(19,7-8-20-2)11-18-13-9-12(10-13)14-5-3-4-6-15(14)17/h3-6,12-13,18-19H,7-11H2,1-2H3. The molecule has 2 N–H and O–H groups in total. The minimum atomic E-state index is -0.751. The van der Waals surface area contributed by atoms with E-state index in [1.165, 1.54) is 6.07 Å². The Morgan fingerprint density at radius 2 is 2.10 bits per heavy atom. The largest absolute Gasteiger partial charge is 0.389 e. The smallest absolute Gasteiger partial charge is 0.126 e. The summed E-state index contributed by atoms with van der Waals surface area (Å²) >= 11 is 0. The highest BCUT2D eigenvalue weighted by molar-refractivity contribution is 5.24. The van der Waals surface area contributed by atoms with E-state index in [1.54, 1.807) is 13.2 Å². The average molecular weight is 281 g/mol. The fourth-order valence-corrected chi connectivity index (χ4v) is 2.62. The fourth-order valence-electron chi connectivity index (χ4n) is 2.62. The molecule has 2 rings (SSSR count). The van der Waals surface area contributed by atoms with Crippen molar-refractivity contribution in [3.8, 4) is 0 Å². The minimum Gasteiger partial charge on any atom is -0.389 e. The molecule has 1 aliphatic rings. The van der Waals surface area contributed by atoms with Crippen molar-refractivity contribution in [2.75, 3.05) is 20.3 Å². The van der Waals surface area contributed by atoms with Gasteiger partial charge in [-0.25, -0.2) is 4.39 Å². The second kappa shape index (κ2) is 6.66. The van der Waals surface area contributed by atoms with E-state index in [4.69, 9.17) is 4.74 Å². The lowest BCUT2D eigenvalue weighted by Gasteiger charge is -2.38. The van der Waals surface area contributed by atoms with Crippen molar-refractivity contribution in [3.63, 3.8) is 0 Å². The number of hydrogen-bond donors (Lipinski definition) is 2. The van der Waals surface area contributed by atoms with Crippen molar-refractivity contribution < 1.29 is 14.2 Å². The molecular formula is C16H24FNO2. The van der Waals surface area contributed by atoms with Gasteiger partial charge in [-0.2, -0.15) is 0 Å². The molecule has 0 aliphatic heterocycles. The summed E-state index contributed by atoms with van der Waals surface area (Å²) in [6, 6.07) is 7.36. The molecule has 0 spiro atoms. The third kappa shape index (κ3) is 4.01. The van der Waals surface area contributed by atoms with E-state index in [2.05, 4.69) is 5.32 Å². The first-order valence-electron chi connectivity index (χ1n) is 7.21. The molecule has 1 aromatic rings. The van der Waals surface area contributed by atoms with Crippen LogP contribution in [0.3, 0.4) is 0 Å². The molecule has 0 bridgehead atoms. The summed E-state index contributed by atoms with van der Waals surface area (Å²) in [7, 11) is 1.63. The number of ether oxygens (including phenoxy) is 1. The number of benzene rings is 1. The molecule has 0 heterocycles. The number of aliphatic hydroxyl groups is 1. The van der Waals surface area contributed by atoms with Crippen LogP contribution in [0.1, 0.15) is 37.7 Å². The molecule has 112 valence electrons. The molecule has 3 nitrogen and oxygen atoms in total. The lowest BCUT2D eigenvalue weighted by molar-refractivity contribution is 0.0196. The molecular weight excluding hydrogens is 257 g/mol. The second-order valence-corrected chi connectivity index (χ2v) is 6.01. The van der Waals surface area contributed by atoms with Gasteiger partial charge in [0, 0.05) is 32.7 Å². The van der Waals surface area contributed by atoms with Gasteiger partial charge in [0.15, 0.2) is 0 Å². The molecule has 20 heavy (non-hydrogen) atoms. The van der Waals surface area contributed by atoms with Crippen molar-refractivity contribution in [3.05, 3.63) is 35.6 Å². The lowest BCUT2D eigenvalue weighted by Crippen LogP contribution is -2.47. The fraction of sp³-hybridized carbons (Fsp3) is 0.625. The maximum Gasteiger partial charge on any atom is 0.126 e. The highest BCUT2D eigenvalue weighted by Crippen LogP contribution is 2.38. The van der Waals surface area contributed by atoms with Gasteiger partial charge in [0.25, 0.3) is 0 Å². The maximum atomic E-state index is 13.6. The predicted octanol–water partition coefficient (Wildman–Crippen LogP) is 2.45. The normalized spacial score (nSPS) is 25.0. The van der Waals surface area contributed by atoms with Gasteiger partial charge in [0.2, 0.25) is 0 Å². The Morgan fingerprint density at radius 1 is 1.40 bits per heavy atom. The van der Waals surface area contributed by atoms with Crippen molar-refractivity contribution in [1.82, 2.24) is 5.32 Å². The van der Waals surface area contributed by atoms with Crippen LogP contribution >= 0.6 is 0 Å². The van der Waals surface area contributed by atoms with Gasteiger partial charge in [0.1, 0.15) is 5.82 Å². The van der Waals surface area contributed by atoms with Gasteiger partial charge in [-0.1, -0.05) is 18.2 Å². The van der Waals surface area contributed by atoms with Gasteiger partial charge < -0.3 is 15.2 Å². The molecule has 4 heteroatoms. The summed E-state index contributed by atoms with van der Waals surface area (Å²) in [5.41, 5.74) is 0.0655. The van der Waals surface area contributed by atoms with Crippen LogP contribution in [0.5, 0.6) is 0 Å². The summed E-state index contributed by atoms with van der Waals surface area (Å²) in [4.78, 5) is 0. The first kappa shape index (κ1) is 15.4. The molecule has 0 saturated heterocycles.